The zero-order chi connectivity index (χ0) is 28.8. The summed E-state index contributed by atoms with van der Waals surface area (Å²) in [5.74, 6) is 2.33. The standard InChI is InChI=1S/C31H37ClN6O3.2ClH/c1-31(2,3)38-30(39)21-5-4-6-24(16-21)41-27-8-7-23(17-26(27)32)37-29-25-15-20(9-12-33-28(25)35-19-36-29)18-34-22-10-13-40-14-11-22;;/h4-8,15-17,19,22,34H,9-14,18H2,1-3H3,(H,38,39)(H2,33,35,36,37);2*1H. The fourth-order valence-corrected chi connectivity index (χ4v) is 4.96. The predicted octanol–water partition coefficient (Wildman–Crippen LogP) is 7.01. The fraction of sp³-hybridized carbons (Fsp3) is 0.387. The van der Waals surface area contributed by atoms with Crippen molar-refractivity contribution in [3.63, 3.8) is 0 Å². The highest BCUT2D eigenvalue weighted by molar-refractivity contribution is 6.32. The number of halogens is 3. The fourth-order valence-electron chi connectivity index (χ4n) is 4.75. The van der Waals surface area contributed by atoms with Crippen LogP contribution in [0, 0.1) is 0 Å². The van der Waals surface area contributed by atoms with Gasteiger partial charge >= 0.3 is 0 Å². The van der Waals surface area contributed by atoms with Crippen molar-refractivity contribution in [1.29, 1.82) is 0 Å². The summed E-state index contributed by atoms with van der Waals surface area (Å²) in [4.78, 5) is 21.6. The molecule has 0 aliphatic carbocycles. The van der Waals surface area contributed by atoms with Gasteiger partial charge in [-0.1, -0.05) is 23.2 Å². The Morgan fingerprint density at radius 2 is 1.91 bits per heavy atom. The van der Waals surface area contributed by atoms with E-state index in [9.17, 15) is 4.79 Å². The van der Waals surface area contributed by atoms with Gasteiger partial charge in [0.05, 0.1) is 10.6 Å². The van der Waals surface area contributed by atoms with Crippen molar-refractivity contribution >= 4 is 65.7 Å². The summed E-state index contributed by atoms with van der Waals surface area (Å²) in [5, 5.41) is 13.9. The molecular weight excluding hydrogens is 611 g/mol. The molecule has 232 valence electrons. The monoisotopic (exact) mass is 648 g/mol. The van der Waals surface area contributed by atoms with Crippen LogP contribution < -0.4 is 26.0 Å². The van der Waals surface area contributed by atoms with Crippen LogP contribution in [0.5, 0.6) is 11.5 Å². The van der Waals surface area contributed by atoms with Crippen LogP contribution in [0.2, 0.25) is 5.02 Å². The van der Waals surface area contributed by atoms with Crippen LogP contribution in [0.4, 0.5) is 17.3 Å². The second-order valence-electron chi connectivity index (χ2n) is 11.3. The van der Waals surface area contributed by atoms with Gasteiger partial charge in [0.2, 0.25) is 0 Å². The summed E-state index contributed by atoms with van der Waals surface area (Å²) < 4.78 is 11.5. The lowest BCUT2D eigenvalue weighted by Crippen LogP contribution is -2.40. The third-order valence-corrected chi connectivity index (χ3v) is 7.11. The third kappa shape index (κ3) is 9.71. The van der Waals surface area contributed by atoms with Gasteiger partial charge in [-0.25, -0.2) is 9.97 Å². The van der Waals surface area contributed by atoms with E-state index in [2.05, 4.69) is 37.3 Å². The molecule has 2 aliphatic rings. The lowest BCUT2D eigenvalue weighted by atomic mass is 10.1. The molecule has 43 heavy (non-hydrogen) atoms. The zero-order valence-corrected chi connectivity index (χ0v) is 26.9. The lowest BCUT2D eigenvalue weighted by Gasteiger charge is -2.23. The van der Waals surface area contributed by atoms with Gasteiger partial charge in [0, 0.05) is 49.1 Å². The summed E-state index contributed by atoms with van der Waals surface area (Å²) in [6.07, 6.45) is 6.72. The first-order valence-corrected chi connectivity index (χ1v) is 14.4. The number of aromatic nitrogens is 2. The van der Waals surface area contributed by atoms with Crippen molar-refractivity contribution in [3.8, 4) is 11.5 Å². The number of ether oxygens (including phenoxy) is 2. The van der Waals surface area contributed by atoms with E-state index in [0.717, 1.165) is 62.6 Å². The molecule has 1 fully saturated rings. The number of nitrogens with one attached hydrogen (secondary N) is 4. The minimum atomic E-state index is -0.336. The second-order valence-corrected chi connectivity index (χ2v) is 11.7. The van der Waals surface area contributed by atoms with Crippen molar-refractivity contribution in [3.05, 3.63) is 70.5 Å². The Balaban J connectivity index is 0.00000253. The Kier molecular flexibility index (Phi) is 12.5. The number of carbonyl (C=O) groups is 1. The molecular formula is C31H39Cl3N6O3. The molecule has 3 heterocycles. The first-order valence-electron chi connectivity index (χ1n) is 14.0. The highest BCUT2D eigenvalue weighted by atomic mass is 35.5. The smallest absolute Gasteiger partial charge is 0.251 e. The number of amides is 1. The number of nitrogens with zero attached hydrogens (tertiary/aromatic N) is 2. The molecule has 9 nitrogen and oxygen atoms in total. The molecule has 5 rings (SSSR count). The van der Waals surface area contributed by atoms with E-state index in [1.165, 1.54) is 5.57 Å². The van der Waals surface area contributed by atoms with E-state index in [4.69, 9.17) is 21.1 Å². The highest BCUT2D eigenvalue weighted by Gasteiger charge is 2.18. The number of hydrogen-bond donors (Lipinski definition) is 4. The summed E-state index contributed by atoms with van der Waals surface area (Å²) in [5.41, 5.74) is 3.15. The first kappa shape index (κ1) is 34.4. The molecule has 1 saturated heterocycles. The molecule has 2 aliphatic heterocycles. The quantitative estimate of drug-likeness (QED) is 0.207. The van der Waals surface area contributed by atoms with Crippen LogP contribution in [0.3, 0.4) is 0 Å². The Hall–Kier alpha value is -3.08. The molecule has 3 aromatic rings. The SMILES string of the molecule is CC(C)(C)NC(=O)c1cccc(Oc2ccc(Nc3ncnc4c3C=C(CNC3CCOCC3)CCN4)cc2Cl)c1.Cl.Cl. The number of carbonyl (C=O) groups excluding carboxylic acids is 1. The van der Waals surface area contributed by atoms with E-state index >= 15 is 0 Å². The normalized spacial score (nSPS) is 14.9. The maximum Gasteiger partial charge on any atom is 0.251 e. The van der Waals surface area contributed by atoms with Crippen LogP contribution in [-0.2, 0) is 4.74 Å². The van der Waals surface area contributed by atoms with Gasteiger partial charge in [-0.15, -0.1) is 24.8 Å². The molecule has 1 aromatic heterocycles. The van der Waals surface area contributed by atoms with E-state index in [0.29, 0.717) is 33.9 Å². The van der Waals surface area contributed by atoms with Crippen molar-refractivity contribution in [1.82, 2.24) is 20.6 Å². The average Bonchev–Trinajstić information content (AvgIpc) is 3.16. The van der Waals surface area contributed by atoms with Crippen LogP contribution in [0.15, 0.2) is 54.4 Å². The van der Waals surface area contributed by atoms with Gasteiger partial charge in [0.15, 0.2) is 0 Å². The molecule has 4 N–H and O–H groups in total. The Labute approximate surface area is 270 Å². The van der Waals surface area contributed by atoms with Gasteiger partial charge in [-0.2, -0.15) is 0 Å². The Morgan fingerprint density at radius 3 is 2.65 bits per heavy atom. The van der Waals surface area contributed by atoms with Crippen molar-refractivity contribution in [2.45, 2.75) is 51.6 Å². The van der Waals surface area contributed by atoms with Gasteiger partial charge in [-0.3, -0.25) is 4.79 Å². The van der Waals surface area contributed by atoms with Crippen molar-refractivity contribution < 1.29 is 14.3 Å². The van der Waals surface area contributed by atoms with Gasteiger partial charge in [0.25, 0.3) is 5.91 Å². The van der Waals surface area contributed by atoms with E-state index < -0.39 is 0 Å². The molecule has 1 amide bonds. The van der Waals surface area contributed by atoms with Gasteiger partial charge in [0.1, 0.15) is 29.5 Å². The molecule has 0 spiro atoms. The van der Waals surface area contributed by atoms with Crippen LogP contribution in [-0.4, -0.2) is 53.8 Å². The van der Waals surface area contributed by atoms with Crippen LogP contribution >= 0.6 is 36.4 Å². The highest BCUT2D eigenvalue weighted by Crippen LogP contribution is 2.34. The van der Waals surface area contributed by atoms with E-state index in [1.54, 1.807) is 42.7 Å². The molecule has 2 aromatic carbocycles. The number of benzene rings is 2. The Morgan fingerprint density at radius 1 is 1.12 bits per heavy atom. The third-order valence-electron chi connectivity index (χ3n) is 6.82. The zero-order valence-electron chi connectivity index (χ0n) is 24.5. The molecule has 0 atom stereocenters. The van der Waals surface area contributed by atoms with Gasteiger partial charge < -0.3 is 30.7 Å². The largest absolute Gasteiger partial charge is 0.456 e. The summed E-state index contributed by atoms with van der Waals surface area (Å²) in [6, 6.07) is 13.0. The summed E-state index contributed by atoms with van der Waals surface area (Å²) in [6.45, 7) is 9.08. The second kappa shape index (κ2) is 15.6. The molecule has 0 radical (unpaired) electrons. The topological polar surface area (TPSA) is 109 Å². The Bertz CT molecular complexity index is 1420. The van der Waals surface area contributed by atoms with Crippen molar-refractivity contribution in [2.24, 2.45) is 0 Å². The molecule has 12 heteroatoms. The number of anilines is 3. The lowest BCUT2D eigenvalue weighted by molar-refractivity contribution is 0.0787. The van der Waals surface area contributed by atoms with Gasteiger partial charge in [-0.05, 0) is 82.5 Å². The minimum Gasteiger partial charge on any atom is -0.456 e. The first-order chi connectivity index (χ1) is 19.7. The van der Waals surface area contributed by atoms with Crippen LogP contribution in [0.25, 0.3) is 6.08 Å². The number of fused-ring (bicyclic) bond motifs is 1. The molecule has 0 unspecified atom stereocenters. The van der Waals surface area contributed by atoms with Crippen molar-refractivity contribution in [2.75, 3.05) is 36.9 Å². The maximum atomic E-state index is 12.6. The molecule has 0 bridgehead atoms. The van der Waals surface area contributed by atoms with E-state index in [-0.39, 0.29) is 36.3 Å². The summed E-state index contributed by atoms with van der Waals surface area (Å²) in [7, 11) is 0. The maximum absolute atomic E-state index is 12.6. The predicted molar refractivity (Wildman–Crippen MR) is 178 cm³/mol. The minimum absolute atomic E-state index is 0. The van der Waals surface area contributed by atoms with E-state index in [1.807, 2.05) is 26.8 Å². The number of hydrogen-bond acceptors (Lipinski definition) is 8. The summed E-state index contributed by atoms with van der Waals surface area (Å²) >= 11 is 6.62. The number of rotatable bonds is 8. The average molecular weight is 650 g/mol. The van der Waals surface area contributed by atoms with Crippen LogP contribution in [0.1, 0.15) is 56.0 Å². The molecule has 0 saturated carbocycles.